The maximum Gasteiger partial charge on any atom is 0.364 e. The number of carbonyl (C=O) groups is 3. The van der Waals surface area contributed by atoms with E-state index < -0.39 is 117 Å². The molecule has 416 valence electrons. The van der Waals surface area contributed by atoms with Crippen molar-refractivity contribution in [1.82, 2.24) is 10.6 Å². The van der Waals surface area contributed by atoms with E-state index in [0.717, 1.165) is 45.4 Å². The van der Waals surface area contributed by atoms with Crippen molar-refractivity contribution in [2.75, 3.05) is 19.8 Å². The standard InChI is InChI=1S/C53H98N2O16/c1-4-6-8-10-12-14-16-18-19-21-23-25-27-29-31-33-44(62)55-39(40(59)32-30-28-26-24-22-20-17-15-13-11-9-7-5-2)37-68-51-48(65)50(47(64)43(36-57)69-51)71-53(52(66)67)34-41(60)45(54-38(3)58)49(70-53)46(63)42(61)35-56/h30,32,39-43,45-51,56-57,59-61,63-65H,4-29,31,33-37H2,1-3H3,(H,54,58)(H,55,62)(H,66,67)/b32-30+/t39-,40+,41?,42?,43?,45?,46?,47?,48?,49?,50?,51?,53?/m0/s1. The van der Waals surface area contributed by atoms with Crippen LogP contribution >= 0.6 is 0 Å². The fourth-order valence-corrected chi connectivity index (χ4v) is 9.45. The van der Waals surface area contributed by atoms with Crippen molar-refractivity contribution in [2.24, 2.45) is 0 Å². The highest BCUT2D eigenvalue weighted by Gasteiger charge is 2.59. The number of unbranched alkanes of at least 4 members (excludes halogenated alkanes) is 25. The number of carboxylic acid groups (broad SMARTS) is 1. The zero-order chi connectivity index (χ0) is 52.4. The fraction of sp³-hybridized carbons (Fsp3) is 0.906. The molecule has 0 aromatic carbocycles. The molecule has 0 spiro atoms. The number of carboxylic acids is 1. The second-order valence-electron chi connectivity index (χ2n) is 20.1. The highest BCUT2D eigenvalue weighted by Crippen LogP contribution is 2.37. The molecule has 2 aliphatic rings. The Morgan fingerprint density at radius 3 is 1.68 bits per heavy atom. The van der Waals surface area contributed by atoms with Gasteiger partial charge in [0.1, 0.15) is 42.7 Å². The summed E-state index contributed by atoms with van der Waals surface area (Å²) in [6.45, 7) is 3.23. The minimum atomic E-state index is -2.96. The van der Waals surface area contributed by atoms with Gasteiger partial charge in [-0.1, -0.05) is 180 Å². The molecule has 2 fully saturated rings. The molecular formula is C53H98N2O16. The van der Waals surface area contributed by atoms with E-state index in [1.165, 1.54) is 122 Å². The van der Waals surface area contributed by atoms with Gasteiger partial charge in [0.25, 0.3) is 5.79 Å². The van der Waals surface area contributed by atoms with E-state index in [-0.39, 0.29) is 12.3 Å². The zero-order valence-corrected chi connectivity index (χ0v) is 43.6. The lowest BCUT2D eigenvalue weighted by molar-refractivity contribution is -0.370. The van der Waals surface area contributed by atoms with Crippen LogP contribution < -0.4 is 10.6 Å². The summed E-state index contributed by atoms with van der Waals surface area (Å²) >= 11 is 0. The summed E-state index contributed by atoms with van der Waals surface area (Å²) in [6.07, 6.45) is 16.3. The fourth-order valence-electron chi connectivity index (χ4n) is 9.45. The Balaban J connectivity index is 2.10. The second-order valence-corrected chi connectivity index (χ2v) is 20.1. The monoisotopic (exact) mass is 1020 g/mol. The van der Waals surface area contributed by atoms with Gasteiger partial charge in [-0.15, -0.1) is 0 Å². The summed E-state index contributed by atoms with van der Waals surface area (Å²) < 4.78 is 23.1. The molecule has 2 heterocycles. The number of allylic oxidation sites excluding steroid dienone is 1. The van der Waals surface area contributed by atoms with Crippen LogP contribution in [0.5, 0.6) is 0 Å². The van der Waals surface area contributed by atoms with Gasteiger partial charge in [-0.2, -0.15) is 0 Å². The minimum absolute atomic E-state index is 0.206. The molecule has 0 aromatic rings. The lowest BCUT2D eigenvalue weighted by Crippen LogP contribution is -2.70. The summed E-state index contributed by atoms with van der Waals surface area (Å²) in [6, 6.07) is -2.55. The van der Waals surface area contributed by atoms with Gasteiger partial charge in [0, 0.05) is 19.8 Å². The van der Waals surface area contributed by atoms with Crippen molar-refractivity contribution in [3.05, 3.63) is 12.2 Å². The average molecular weight is 1020 g/mol. The Bertz CT molecular complexity index is 1430. The van der Waals surface area contributed by atoms with Crippen LogP contribution in [0.3, 0.4) is 0 Å². The van der Waals surface area contributed by atoms with Gasteiger partial charge in [-0.05, 0) is 19.3 Å². The average Bonchev–Trinajstić information content (AvgIpc) is 3.34. The molecule has 18 heteroatoms. The lowest BCUT2D eigenvalue weighted by atomic mass is 9.88. The van der Waals surface area contributed by atoms with Crippen molar-refractivity contribution < 1.29 is 79.3 Å². The van der Waals surface area contributed by atoms with Crippen molar-refractivity contribution in [1.29, 1.82) is 0 Å². The first-order valence-corrected chi connectivity index (χ1v) is 27.5. The molecule has 0 aliphatic carbocycles. The van der Waals surface area contributed by atoms with Gasteiger partial charge >= 0.3 is 5.97 Å². The largest absolute Gasteiger partial charge is 0.477 e. The molecule has 11 unspecified atom stereocenters. The lowest BCUT2D eigenvalue weighted by Gasteiger charge is -2.50. The second kappa shape index (κ2) is 38.3. The number of aliphatic hydroxyl groups is 8. The van der Waals surface area contributed by atoms with Crippen molar-refractivity contribution >= 4 is 17.8 Å². The molecule has 71 heavy (non-hydrogen) atoms. The third-order valence-electron chi connectivity index (χ3n) is 13.8. The van der Waals surface area contributed by atoms with Crippen LogP contribution in [-0.4, -0.2) is 163 Å². The maximum absolute atomic E-state index is 13.3. The number of hydrogen-bond acceptors (Lipinski definition) is 15. The smallest absolute Gasteiger partial charge is 0.364 e. The molecular weight excluding hydrogens is 921 g/mol. The van der Waals surface area contributed by atoms with E-state index in [2.05, 4.69) is 24.5 Å². The van der Waals surface area contributed by atoms with E-state index in [9.17, 15) is 60.3 Å². The van der Waals surface area contributed by atoms with E-state index in [4.69, 9.17) is 18.9 Å². The van der Waals surface area contributed by atoms with Crippen molar-refractivity contribution in [2.45, 2.75) is 286 Å². The quantitative estimate of drug-likeness (QED) is 0.0272. The minimum Gasteiger partial charge on any atom is -0.477 e. The Labute approximate surface area is 424 Å². The molecule has 2 aliphatic heterocycles. The van der Waals surface area contributed by atoms with Crippen molar-refractivity contribution in [3.8, 4) is 0 Å². The molecule has 18 nitrogen and oxygen atoms in total. The molecule has 0 radical (unpaired) electrons. The first kappa shape index (κ1) is 64.8. The summed E-state index contributed by atoms with van der Waals surface area (Å²) in [5.41, 5.74) is 0. The van der Waals surface area contributed by atoms with Gasteiger partial charge in [0.2, 0.25) is 11.8 Å². The Hall–Kier alpha value is -2.33. The van der Waals surface area contributed by atoms with Gasteiger partial charge in [0.05, 0.1) is 44.1 Å². The molecule has 0 bridgehead atoms. The molecule has 13 atom stereocenters. The Kier molecular flexibility index (Phi) is 34.9. The van der Waals surface area contributed by atoms with Crippen LogP contribution in [0.4, 0.5) is 0 Å². The molecule has 2 rings (SSSR count). The number of rotatable bonds is 42. The van der Waals surface area contributed by atoms with Gasteiger partial charge in [-0.25, -0.2) is 4.79 Å². The highest BCUT2D eigenvalue weighted by molar-refractivity contribution is 5.77. The Morgan fingerprint density at radius 1 is 0.718 bits per heavy atom. The predicted octanol–water partition coefficient (Wildman–Crippen LogP) is 5.34. The first-order chi connectivity index (χ1) is 34.2. The number of aliphatic hydroxyl groups excluding tert-OH is 8. The predicted molar refractivity (Wildman–Crippen MR) is 269 cm³/mol. The van der Waals surface area contributed by atoms with Crippen LogP contribution in [-0.2, 0) is 33.3 Å². The molecule has 2 amide bonds. The summed E-state index contributed by atoms with van der Waals surface area (Å²) in [5.74, 6) is -5.87. The third kappa shape index (κ3) is 25.2. The summed E-state index contributed by atoms with van der Waals surface area (Å²) in [7, 11) is 0. The molecule has 11 N–H and O–H groups in total. The maximum atomic E-state index is 13.3. The zero-order valence-electron chi connectivity index (χ0n) is 43.6. The van der Waals surface area contributed by atoms with Gasteiger partial charge < -0.3 is 75.5 Å². The molecule has 0 aromatic heterocycles. The Morgan fingerprint density at radius 2 is 1.21 bits per heavy atom. The van der Waals surface area contributed by atoms with Crippen LogP contribution in [0.2, 0.25) is 0 Å². The topological polar surface area (TPSA) is 294 Å². The van der Waals surface area contributed by atoms with Crippen LogP contribution in [0.25, 0.3) is 0 Å². The van der Waals surface area contributed by atoms with Gasteiger partial charge in [0.15, 0.2) is 6.29 Å². The number of amides is 2. The third-order valence-corrected chi connectivity index (χ3v) is 13.8. The first-order valence-electron chi connectivity index (χ1n) is 27.5. The van der Waals surface area contributed by atoms with Crippen LogP contribution in [0, 0.1) is 0 Å². The van der Waals surface area contributed by atoms with Crippen LogP contribution in [0.15, 0.2) is 12.2 Å². The number of hydrogen-bond donors (Lipinski definition) is 11. The molecule has 2 saturated heterocycles. The van der Waals surface area contributed by atoms with E-state index in [1.54, 1.807) is 6.08 Å². The summed E-state index contributed by atoms with van der Waals surface area (Å²) in [4.78, 5) is 38.3. The van der Waals surface area contributed by atoms with Crippen molar-refractivity contribution in [3.63, 3.8) is 0 Å². The number of nitrogens with one attached hydrogen (secondary N) is 2. The van der Waals surface area contributed by atoms with Crippen LogP contribution in [0.1, 0.15) is 207 Å². The highest BCUT2D eigenvalue weighted by atomic mass is 16.8. The number of aliphatic carboxylic acids is 1. The number of ether oxygens (including phenoxy) is 4. The van der Waals surface area contributed by atoms with E-state index in [0.29, 0.717) is 12.8 Å². The summed E-state index contributed by atoms with van der Waals surface area (Å²) in [5, 5.41) is 102. The number of carbonyl (C=O) groups excluding carboxylic acids is 2. The SMILES string of the molecule is CCCCCCCCCCCCC/C=C/[C@@H](O)[C@H](COC1OC(CO)C(O)C(OC2(C(=O)O)CC(O)C(NC(C)=O)C(C(O)C(O)CO)O2)C1O)NC(=O)CCCCCCCCCCCCCCCCC. The van der Waals surface area contributed by atoms with E-state index >= 15 is 0 Å². The van der Waals surface area contributed by atoms with Gasteiger partial charge in [-0.3, -0.25) is 9.59 Å². The molecule has 0 saturated carbocycles. The normalized spacial score (nSPS) is 26.5. The van der Waals surface area contributed by atoms with E-state index in [1.807, 2.05) is 6.08 Å².